The van der Waals surface area contributed by atoms with Gasteiger partial charge < -0.3 is 13.9 Å². The Hall–Kier alpha value is -4.44. The van der Waals surface area contributed by atoms with E-state index in [4.69, 9.17) is 13.9 Å². The highest BCUT2D eigenvalue weighted by molar-refractivity contribution is 6.74. The van der Waals surface area contributed by atoms with Crippen LogP contribution in [0.1, 0.15) is 64.5 Å². The third-order valence-electron chi connectivity index (χ3n) is 7.83. The van der Waals surface area contributed by atoms with E-state index < -0.39 is 14.3 Å². The lowest BCUT2D eigenvalue weighted by molar-refractivity contribution is 0.0472. The summed E-state index contributed by atoms with van der Waals surface area (Å²) in [5.74, 6) is 0.228. The van der Waals surface area contributed by atoms with Crippen LogP contribution in [0.2, 0.25) is 18.1 Å². The molecule has 0 aromatic heterocycles. The molecule has 0 aliphatic carbocycles. The number of carbonyl (C=O) groups excluding carboxylic acids is 1. The first-order chi connectivity index (χ1) is 20.6. The van der Waals surface area contributed by atoms with Crippen molar-refractivity contribution < 1.29 is 18.7 Å². The maximum Gasteiger partial charge on any atom is 0.339 e. The molecule has 6 heteroatoms. The molecule has 0 atom stereocenters. The average Bonchev–Trinajstić information content (AvgIpc) is 3.01. The first-order valence-corrected chi connectivity index (χ1v) is 17.3. The summed E-state index contributed by atoms with van der Waals surface area (Å²) in [6.45, 7) is 12.0. The summed E-state index contributed by atoms with van der Waals surface area (Å²) in [5.41, 5.74) is 5.26. The Morgan fingerprint density at radius 3 is 2.09 bits per heavy atom. The fourth-order valence-corrected chi connectivity index (χ4v) is 5.13. The van der Waals surface area contributed by atoms with Crippen LogP contribution in [0.3, 0.4) is 0 Å². The van der Waals surface area contributed by atoms with Gasteiger partial charge in [-0.3, -0.25) is 0 Å². The average molecular weight is 590 g/mol. The summed E-state index contributed by atoms with van der Waals surface area (Å²) in [7, 11) is -2.06. The van der Waals surface area contributed by atoms with Gasteiger partial charge in [-0.05, 0) is 64.7 Å². The third kappa shape index (κ3) is 8.54. The second-order valence-corrected chi connectivity index (χ2v) is 16.8. The van der Waals surface area contributed by atoms with Crippen LogP contribution < -0.4 is 4.74 Å². The number of rotatable bonds is 11. The molecule has 0 saturated carbocycles. The number of benzene rings is 4. The predicted molar refractivity (Wildman–Crippen MR) is 175 cm³/mol. The van der Waals surface area contributed by atoms with Crippen molar-refractivity contribution in [2.75, 3.05) is 0 Å². The second-order valence-electron chi connectivity index (χ2n) is 12.0. The van der Waals surface area contributed by atoms with Crippen LogP contribution in [0.25, 0.3) is 12.2 Å². The van der Waals surface area contributed by atoms with Gasteiger partial charge >= 0.3 is 5.97 Å². The zero-order valence-corrected chi connectivity index (χ0v) is 26.6. The minimum absolute atomic E-state index is 0.0396. The van der Waals surface area contributed by atoms with Crippen LogP contribution in [-0.4, -0.2) is 14.3 Å². The van der Waals surface area contributed by atoms with E-state index in [1.807, 2.05) is 91.0 Å². The lowest BCUT2D eigenvalue weighted by Gasteiger charge is -2.36. The predicted octanol–water partition coefficient (Wildman–Crippen LogP) is 9.19. The molecule has 0 aliphatic rings. The fourth-order valence-electron chi connectivity index (χ4n) is 4.18. The Morgan fingerprint density at radius 2 is 1.47 bits per heavy atom. The second kappa shape index (κ2) is 14.2. The molecule has 0 bridgehead atoms. The molecule has 0 unspecified atom stereocenters. The van der Waals surface area contributed by atoms with Gasteiger partial charge in [-0.15, -0.1) is 0 Å². The summed E-state index contributed by atoms with van der Waals surface area (Å²) in [5, 5.41) is 9.62. The number of hydrogen-bond acceptors (Lipinski definition) is 5. The zero-order valence-electron chi connectivity index (χ0n) is 25.6. The van der Waals surface area contributed by atoms with Gasteiger partial charge in [0, 0.05) is 5.56 Å². The Labute approximate surface area is 256 Å². The largest absolute Gasteiger partial charge is 0.488 e. The Kier molecular flexibility index (Phi) is 10.4. The normalized spacial score (nSPS) is 11.7. The van der Waals surface area contributed by atoms with Crippen LogP contribution in [0.5, 0.6) is 5.75 Å². The summed E-state index contributed by atoms with van der Waals surface area (Å²) >= 11 is 0. The van der Waals surface area contributed by atoms with Gasteiger partial charge in [0.05, 0.1) is 23.8 Å². The number of hydrogen-bond donors (Lipinski definition) is 0. The Morgan fingerprint density at radius 1 is 0.814 bits per heavy atom. The van der Waals surface area contributed by atoms with Gasteiger partial charge in [0.25, 0.3) is 0 Å². The van der Waals surface area contributed by atoms with Gasteiger partial charge in [0.15, 0.2) is 8.32 Å². The fraction of sp³-hybridized carbons (Fsp3) is 0.243. The summed E-state index contributed by atoms with van der Waals surface area (Å²) < 4.78 is 18.5. The number of ether oxygens (including phenoxy) is 2. The highest BCUT2D eigenvalue weighted by Crippen LogP contribution is 2.37. The maximum absolute atomic E-state index is 13.4. The Bertz CT molecular complexity index is 1600. The zero-order chi connectivity index (χ0) is 30.9. The molecule has 0 heterocycles. The summed E-state index contributed by atoms with van der Waals surface area (Å²) in [6, 6.07) is 32.7. The first kappa shape index (κ1) is 31.5. The number of esters is 1. The molecule has 0 aliphatic heterocycles. The van der Waals surface area contributed by atoms with Crippen molar-refractivity contribution in [2.24, 2.45) is 0 Å². The smallest absolute Gasteiger partial charge is 0.339 e. The molecular weight excluding hydrogens is 550 g/mol. The van der Waals surface area contributed by atoms with Crippen molar-refractivity contribution >= 4 is 26.4 Å². The van der Waals surface area contributed by atoms with E-state index in [0.717, 1.165) is 27.8 Å². The van der Waals surface area contributed by atoms with Gasteiger partial charge in [0.2, 0.25) is 0 Å². The van der Waals surface area contributed by atoms with E-state index in [0.29, 0.717) is 30.1 Å². The van der Waals surface area contributed by atoms with E-state index in [9.17, 15) is 10.1 Å². The summed E-state index contributed by atoms with van der Waals surface area (Å²) in [6.07, 6.45) is 3.79. The van der Waals surface area contributed by atoms with Crippen LogP contribution >= 0.6 is 0 Å². The molecule has 4 rings (SSSR count). The van der Waals surface area contributed by atoms with E-state index in [1.54, 1.807) is 18.2 Å². The quantitative estimate of drug-likeness (QED) is 0.0991. The van der Waals surface area contributed by atoms with E-state index >= 15 is 0 Å². The minimum Gasteiger partial charge on any atom is -0.488 e. The van der Waals surface area contributed by atoms with E-state index in [-0.39, 0.29) is 11.6 Å². The standard InChI is InChI=1S/C37H39NO4Si/c1-37(2,3)43(4,5)42-27-32-17-12-18-34(36(39)41-26-29-15-10-7-11-16-29)33(32)21-20-31-23-30(24-38)19-22-35(31)40-25-28-13-8-6-9-14-28/h6-23H,25-27H2,1-5H3/b21-20+. The van der Waals surface area contributed by atoms with Crippen molar-refractivity contribution in [1.29, 1.82) is 5.26 Å². The molecular formula is C37H39NO4Si. The van der Waals surface area contributed by atoms with Crippen molar-refractivity contribution in [3.63, 3.8) is 0 Å². The molecule has 5 nitrogen and oxygen atoms in total. The minimum atomic E-state index is -2.06. The van der Waals surface area contributed by atoms with E-state index in [2.05, 4.69) is 39.9 Å². The topological polar surface area (TPSA) is 68.5 Å². The number of nitriles is 1. The molecule has 0 N–H and O–H groups in total. The van der Waals surface area contributed by atoms with Crippen LogP contribution in [0, 0.1) is 11.3 Å². The van der Waals surface area contributed by atoms with Gasteiger partial charge in [0.1, 0.15) is 19.0 Å². The number of nitrogens with zero attached hydrogens (tertiary/aromatic N) is 1. The van der Waals surface area contributed by atoms with Gasteiger partial charge in [-0.2, -0.15) is 5.26 Å². The molecule has 220 valence electrons. The van der Waals surface area contributed by atoms with Crippen LogP contribution in [0.4, 0.5) is 0 Å². The van der Waals surface area contributed by atoms with Crippen LogP contribution in [-0.2, 0) is 29.0 Å². The molecule has 0 fully saturated rings. The molecule has 0 radical (unpaired) electrons. The SMILES string of the molecule is CC(C)(C)[Si](C)(C)OCc1cccc(C(=O)OCc2ccccc2)c1/C=C/c1cc(C#N)ccc1OCc1ccccc1. The lowest BCUT2D eigenvalue weighted by atomic mass is 9.99. The van der Waals surface area contributed by atoms with Gasteiger partial charge in [-0.25, -0.2) is 4.79 Å². The van der Waals surface area contributed by atoms with E-state index in [1.165, 1.54) is 0 Å². The van der Waals surface area contributed by atoms with Crippen molar-refractivity contribution in [1.82, 2.24) is 0 Å². The third-order valence-corrected chi connectivity index (χ3v) is 12.3. The Balaban J connectivity index is 1.69. The van der Waals surface area contributed by atoms with Crippen molar-refractivity contribution in [2.45, 2.75) is 58.7 Å². The molecule has 4 aromatic carbocycles. The lowest BCUT2D eigenvalue weighted by Crippen LogP contribution is -2.40. The molecule has 0 spiro atoms. The first-order valence-electron chi connectivity index (χ1n) is 14.4. The van der Waals surface area contributed by atoms with Crippen molar-refractivity contribution in [3.05, 3.63) is 136 Å². The highest BCUT2D eigenvalue weighted by atomic mass is 28.4. The maximum atomic E-state index is 13.4. The molecule has 0 saturated heterocycles. The van der Waals surface area contributed by atoms with Crippen molar-refractivity contribution in [3.8, 4) is 11.8 Å². The number of carbonyl (C=O) groups is 1. The highest BCUT2D eigenvalue weighted by Gasteiger charge is 2.37. The molecule has 0 amide bonds. The molecule has 43 heavy (non-hydrogen) atoms. The molecule has 4 aromatic rings. The monoisotopic (exact) mass is 589 g/mol. The summed E-state index contributed by atoms with van der Waals surface area (Å²) in [4.78, 5) is 13.4. The van der Waals surface area contributed by atoms with Crippen LogP contribution in [0.15, 0.2) is 97.1 Å². The van der Waals surface area contributed by atoms with Gasteiger partial charge in [-0.1, -0.05) is 106 Å².